The van der Waals surface area contributed by atoms with Gasteiger partial charge in [0.15, 0.2) is 0 Å². The van der Waals surface area contributed by atoms with Crippen LogP contribution in [0.2, 0.25) is 0 Å². The summed E-state index contributed by atoms with van der Waals surface area (Å²) < 4.78 is 18.1. The summed E-state index contributed by atoms with van der Waals surface area (Å²) in [5.74, 6) is 0.511. The molecule has 1 aliphatic rings. The second kappa shape index (κ2) is 7.21. The minimum absolute atomic E-state index is 0.112. The largest absolute Gasteiger partial charge is 0.497 e. The Morgan fingerprint density at radius 2 is 1.62 bits per heavy atom. The molecule has 0 bridgehead atoms. The number of rotatable bonds is 3. The fraction of sp³-hybridized carbons (Fsp3) is 0.278. The summed E-state index contributed by atoms with van der Waals surface area (Å²) >= 11 is 0. The van der Waals surface area contributed by atoms with E-state index in [0.717, 1.165) is 30.2 Å². The number of nitrogens with zero attached hydrogens (tertiary/aromatic N) is 2. The Hall–Kier alpha value is -2.76. The molecule has 6 heteroatoms. The van der Waals surface area contributed by atoms with Gasteiger partial charge in [0.2, 0.25) is 0 Å². The maximum absolute atomic E-state index is 13.0. The second-order valence-electron chi connectivity index (χ2n) is 5.61. The smallest absolute Gasteiger partial charge is 0.321 e. The van der Waals surface area contributed by atoms with Gasteiger partial charge in [-0.2, -0.15) is 0 Å². The van der Waals surface area contributed by atoms with Crippen molar-refractivity contribution in [3.8, 4) is 5.75 Å². The van der Waals surface area contributed by atoms with Crippen LogP contribution in [0.3, 0.4) is 0 Å². The quantitative estimate of drug-likeness (QED) is 0.940. The number of halogens is 1. The Labute approximate surface area is 140 Å². The number of anilines is 2. The first-order valence-electron chi connectivity index (χ1n) is 7.86. The van der Waals surface area contributed by atoms with E-state index in [0.29, 0.717) is 13.1 Å². The molecule has 126 valence electrons. The third-order valence-electron chi connectivity index (χ3n) is 4.10. The zero-order chi connectivity index (χ0) is 16.9. The second-order valence-corrected chi connectivity index (χ2v) is 5.61. The Morgan fingerprint density at radius 1 is 1.00 bits per heavy atom. The van der Waals surface area contributed by atoms with E-state index in [-0.39, 0.29) is 11.8 Å². The number of hydrogen-bond donors (Lipinski definition) is 1. The number of methoxy groups -OCH3 is 1. The molecule has 1 N–H and O–H groups in total. The molecule has 5 nitrogen and oxygen atoms in total. The van der Waals surface area contributed by atoms with Crippen molar-refractivity contribution in [1.82, 2.24) is 4.90 Å². The van der Waals surface area contributed by atoms with Crippen LogP contribution in [0.4, 0.5) is 20.6 Å². The van der Waals surface area contributed by atoms with E-state index in [2.05, 4.69) is 10.2 Å². The number of carbonyl (C=O) groups is 1. The highest BCUT2D eigenvalue weighted by Crippen LogP contribution is 2.18. The van der Waals surface area contributed by atoms with Crippen molar-refractivity contribution in [2.75, 3.05) is 43.5 Å². The summed E-state index contributed by atoms with van der Waals surface area (Å²) in [5.41, 5.74) is 1.72. The molecule has 1 heterocycles. The topological polar surface area (TPSA) is 44.8 Å². The molecular weight excluding hydrogens is 309 g/mol. The van der Waals surface area contributed by atoms with E-state index < -0.39 is 0 Å². The van der Waals surface area contributed by atoms with Gasteiger partial charge in [-0.1, -0.05) is 0 Å². The van der Waals surface area contributed by atoms with Gasteiger partial charge in [0, 0.05) is 37.6 Å². The van der Waals surface area contributed by atoms with Gasteiger partial charge >= 0.3 is 6.03 Å². The van der Waals surface area contributed by atoms with Crippen LogP contribution in [0.15, 0.2) is 48.5 Å². The van der Waals surface area contributed by atoms with Crippen LogP contribution in [0.25, 0.3) is 0 Å². The Bertz CT molecular complexity index is 680. The van der Waals surface area contributed by atoms with Crippen LogP contribution in [0.5, 0.6) is 5.75 Å². The van der Waals surface area contributed by atoms with E-state index in [9.17, 15) is 9.18 Å². The van der Waals surface area contributed by atoms with Gasteiger partial charge in [0.25, 0.3) is 0 Å². The number of piperazine rings is 1. The number of hydrogen-bond acceptors (Lipinski definition) is 3. The molecule has 2 aromatic rings. The maximum Gasteiger partial charge on any atom is 0.321 e. The fourth-order valence-corrected chi connectivity index (χ4v) is 2.70. The lowest BCUT2D eigenvalue weighted by molar-refractivity contribution is 0.208. The van der Waals surface area contributed by atoms with Crippen molar-refractivity contribution < 1.29 is 13.9 Å². The minimum atomic E-state index is -0.240. The Morgan fingerprint density at radius 3 is 2.21 bits per heavy atom. The van der Waals surface area contributed by atoms with E-state index in [1.807, 2.05) is 24.3 Å². The number of nitrogens with one attached hydrogen (secondary N) is 1. The van der Waals surface area contributed by atoms with Crippen molar-refractivity contribution >= 4 is 17.4 Å². The third kappa shape index (κ3) is 3.76. The molecule has 0 spiro atoms. The van der Waals surface area contributed by atoms with E-state index in [1.165, 1.54) is 12.1 Å². The number of amides is 2. The number of carbonyl (C=O) groups excluding carboxylic acids is 1. The average Bonchev–Trinajstić information content (AvgIpc) is 2.63. The lowest BCUT2D eigenvalue weighted by Gasteiger charge is -2.36. The van der Waals surface area contributed by atoms with Gasteiger partial charge in [-0.25, -0.2) is 9.18 Å². The molecule has 0 saturated carbocycles. The van der Waals surface area contributed by atoms with Crippen molar-refractivity contribution in [2.45, 2.75) is 0 Å². The summed E-state index contributed by atoms with van der Waals surface area (Å²) in [6.07, 6.45) is 0. The monoisotopic (exact) mass is 329 g/mol. The molecule has 3 rings (SSSR count). The molecule has 2 aromatic carbocycles. The van der Waals surface area contributed by atoms with Crippen LogP contribution in [0, 0.1) is 5.82 Å². The summed E-state index contributed by atoms with van der Waals surface area (Å²) in [7, 11) is 1.61. The van der Waals surface area contributed by atoms with E-state index >= 15 is 0 Å². The SMILES string of the molecule is COc1ccc(NC(=O)N2CCN(c3ccc(F)cc3)CC2)cc1. The van der Waals surface area contributed by atoms with Crippen LogP contribution in [-0.4, -0.2) is 44.2 Å². The highest BCUT2D eigenvalue weighted by Gasteiger charge is 2.21. The Kier molecular flexibility index (Phi) is 4.84. The maximum atomic E-state index is 13.0. The molecular formula is C18H20FN3O2. The van der Waals surface area contributed by atoms with Gasteiger partial charge in [0.05, 0.1) is 7.11 Å². The van der Waals surface area contributed by atoms with E-state index in [4.69, 9.17) is 4.74 Å². The molecule has 0 aliphatic carbocycles. The van der Waals surface area contributed by atoms with Gasteiger partial charge in [-0.3, -0.25) is 0 Å². The van der Waals surface area contributed by atoms with Gasteiger partial charge < -0.3 is 19.9 Å². The van der Waals surface area contributed by atoms with Gasteiger partial charge in [-0.05, 0) is 48.5 Å². The van der Waals surface area contributed by atoms with Gasteiger partial charge in [0.1, 0.15) is 11.6 Å². The summed E-state index contributed by atoms with van der Waals surface area (Å²) in [4.78, 5) is 16.3. The molecule has 0 atom stereocenters. The normalized spacial score (nSPS) is 14.4. The molecule has 0 radical (unpaired) electrons. The summed E-state index contributed by atoms with van der Waals surface area (Å²) in [6.45, 7) is 2.70. The highest BCUT2D eigenvalue weighted by molar-refractivity contribution is 5.89. The number of ether oxygens (including phenoxy) is 1. The van der Waals surface area contributed by atoms with Crippen LogP contribution >= 0.6 is 0 Å². The summed E-state index contributed by atoms with van der Waals surface area (Å²) in [5, 5.41) is 2.89. The van der Waals surface area contributed by atoms with E-state index in [1.54, 1.807) is 24.1 Å². The first-order chi connectivity index (χ1) is 11.7. The molecule has 2 amide bonds. The van der Waals surface area contributed by atoms with Crippen LogP contribution in [-0.2, 0) is 0 Å². The minimum Gasteiger partial charge on any atom is -0.497 e. The lowest BCUT2D eigenvalue weighted by Crippen LogP contribution is -2.50. The molecule has 24 heavy (non-hydrogen) atoms. The molecule has 1 aliphatic heterocycles. The molecule has 1 fully saturated rings. The highest BCUT2D eigenvalue weighted by atomic mass is 19.1. The first kappa shape index (κ1) is 16.1. The molecule has 1 saturated heterocycles. The van der Waals surface area contributed by atoms with Crippen molar-refractivity contribution in [3.05, 3.63) is 54.3 Å². The number of urea groups is 1. The zero-order valence-corrected chi connectivity index (χ0v) is 13.5. The van der Waals surface area contributed by atoms with Crippen molar-refractivity contribution in [3.63, 3.8) is 0 Å². The predicted octanol–water partition coefficient (Wildman–Crippen LogP) is 3.19. The predicted molar refractivity (Wildman–Crippen MR) is 92.2 cm³/mol. The average molecular weight is 329 g/mol. The van der Waals surface area contributed by atoms with Crippen molar-refractivity contribution in [2.24, 2.45) is 0 Å². The van der Waals surface area contributed by atoms with Gasteiger partial charge in [-0.15, -0.1) is 0 Å². The summed E-state index contributed by atoms with van der Waals surface area (Å²) in [6, 6.07) is 13.6. The molecule has 0 unspecified atom stereocenters. The number of benzene rings is 2. The van der Waals surface area contributed by atoms with Crippen LogP contribution in [0.1, 0.15) is 0 Å². The lowest BCUT2D eigenvalue weighted by atomic mass is 10.2. The molecule has 0 aromatic heterocycles. The third-order valence-corrected chi connectivity index (χ3v) is 4.10. The fourth-order valence-electron chi connectivity index (χ4n) is 2.70. The van der Waals surface area contributed by atoms with Crippen LogP contribution < -0.4 is 15.0 Å². The first-order valence-corrected chi connectivity index (χ1v) is 7.86. The van der Waals surface area contributed by atoms with Crippen molar-refractivity contribution in [1.29, 1.82) is 0 Å². The Balaban J connectivity index is 1.53. The standard InChI is InChI=1S/C18H20FN3O2/c1-24-17-8-4-15(5-9-17)20-18(23)22-12-10-21(11-13-22)16-6-2-14(19)3-7-16/h2-9H,10-13H2,1H3,(H,20,23). The zero-order valence-electron chi connectivity index (χ0n) is 13.5.